The molecule has 0 aromatic heterocycles. The molecule has 0 atom stereocenters. The van der Waals surface area contributed by atoms with Crippen molar-refractivity contribution in [3.8, 4) is 0 Å². The van der Waals surface area contributed by atoms with Gasteiger partial charge in [-0.2, -0.15) is 13.1 Å². The van der Waals surface area contributed by atoms with Gasteiger partial charge in [-0.15, -0.1) is 0 Å². The van der Waals surface area contributed by atoms with E-state index in [2.05, 4.69) is 9.44 Å². The first-order valence-corrected chi connectivity index (χ1v) is 7.09. The topological polar surface area (TPSA) is 84.2 Å². The molecule has 1 aliphatic rings. The molecule has 1 fully saturated rings. The molecule has 0 aromatic rings. The van der Waals surface area contributed by atoms with Gasteiger partial charge in [-0.3, -0.25) is 0 Å². The smallest absolute Gasteiger partial charge is 0.277 e. The highest BCUT2D eigenvalue weighted by Gasteiger charge is 2.19. The molecule has 1 saturated carbocycles. The lowest BCUT2D eigenvalue weighted by Crippen LogP contribution is -2.43. The Labute approximate surface area is 92.0 Å². The third-order valence-electron chi connectivity index (χ3n) is 2.60. The Hall–Kier alpha value is -0.170. The van der Waals surface area contributed by atoms with E-state index in [0.717, 1.165) is 25.7 Å². The minimum absolute atomic E-state index is 0.120. The minimum Gasteiger partial charge on any atom is -0.330 e. The van der Waals surface area contributed by atoms with Crippen LogP contribution in [-0.2, 0) is 10.2 Å². The van der Waals surface area contributed by atoms with Crippen LogP contribution in [0.1, 0.15) is 38.5 Å². The second-order valence-electron chi connectivity index (χ2n) is 3.99. The molecule has 15 heavy (non-hydrogen) atoms. The van der Waals surface area contributed by atoms with Gasteiger partial charge in [0.15, 0.2) is 0 Å². The van der Waals surface area contributed by atoms with Crippen molar-refractivity contribution >= 4 is 10.2 Å². The zero-order chi connectivity index (χ0) is 11.1. The molecule has 0 unspecified atom stereocenters. The van der Waals surface area contributed by atoms with Crippen LogP contribution in [0.15, 0.2) is 0 Å². The molecule has 90 valence electrons. The lowest BCUT2D eigenvalue weighted by molar-refractivity contribution is 0.410. The summed E-state index contributed by atoms with van der Waals surface area (Å²) in [4.78, 5) is 0. The fraction of sp³-hybridized carbons (Fsp3) is 1.00. The zero-order valence-electron chi connectivity index (χ0n) is 9.04. The van der Waals surface area contributed by atoms with Crippen molar-refractivity contribution in [3.05, 3.63) is 0 Å². The quantitative estimate of drug-likeness (QED) is 0.571. The zero-order valence-corrected chi connectivity index (χ0v) is 9.85. The third-order valence-corrected chi connectivity index (χ3v) is 3.83. The first kappa shape index (κ1) is 12.9. The highest BCUT2D eigenvalue weighted by atomic mass is 32.2. The summed E-state index contributed by atoms with van der Waals surface area (Å²) in [6.45, 7) is 0.921. The number of nitrogens with one attached hydrogen (secondary N) is 2. The first-order valence-electron chi connectivity index (χ1n) is 5.61. The van der Waals surface area contributed by atoms with E-state index >= 15 is 0 Å². The Bertz CT molecular complexity index is 261. The predicted octanol–water partition coefficient (Wildman–Crippen LogP) is 0.0919. The van der Waals surface area contributed by atoms with Crippen molar-refractivity contribution in [2.24, 2.45) is 5.73 Å². The molecule has 4 N–H and O–H groups in total. The highest BCUT2D eigenvalue weighted by molar-refractivity contribution is 7.87. The first-order chi connectivity index (χ1) is 7.14. The summed E-state index contributed by atoms with van der Waals surface area (Å²) in [6, 6.07) is 0.120. The minimum atomic E-state index is -3.31. The van der Waals surface area contributed by atoms with Crippen LogP contribution in [0, 0.1) is 0 Å². The fourth-order valence-electron chi connectivity index (χ4n) is 1.79. The lowest BCUT2D eigenvalue weighted by atomic mass is 9.96. The average Bonchev–Trinajstić information content (AvgIpc) is 2.18. The number of hydrogen-bond donors (Lipinski definition) is 3. The Morgan fingerprint density at radius 2 is 1.87 bits per heavy atom. The standard InChI is InChI=1S/C9H21N3O2S/c10-7-4-8-11-15(13,14)12-9-5-2-1-3-6-9/h9,11-12H,1-8,10H2. The Balaban J connectivity index is 2.27. The van der Waals surface area contributed by atoms with Crippen LogP contribution in [0.2, 0.25) is 0 Å². The van der Waals surface area contributed by atoms with Gasteiger partial charge in [0.1, 0.15) is 0 Å². The Morgan fingerprint density at radius 1 is 1.20 bits per heavy atom. The van der Waals surface area contributed by atoms with Crippen molar-refractivity contribution in [1.29, 1.82) is 0 Å². The van der Waals surface area contributed by atoms with E-state index in [0.29, 0.717) is 19.5 Å². The van der Waals surface area contributed by atoms with Crippen LogP contribution in [0.5, 0.6) is 0 Å². The van der Waals surface area contributed by atoms with Crippen LogP contribution in [0.25, 0.3) is 0 Å². The van der Waals surface area contributed by atoms with Crippen molar-refractivity contribution < 1.29 is 8.42 Å². The maximum atomic E-state index is 11.5. The molecule has 0 saturated heterocycles. The molecule has 0 radical (unpaired) electrons. The van der Waals surface area contributed by atoms with Crippen molar-refractivity contribution in [1.82, 2.24) is 9.44 Å². The summed E-state index contributed by atoms with van der Waals surface area (Å²) >= 11 is 0. The SMILES string of the molecule is NCCCNS(=O)(=O)NC1CCCCC1. The van der Waals surface area contributed by atoms with Gasteiger partial charge in [-0.25, -0.2) is 4.72 Å². The number of nitrogens with two attached hydrogens (primary N) is 1. The molecule has 5 nitrogen and oxygen atoms in total. The summed E-state index contributed by atoms with van der Waals surface area (Å²) in [5, 5.41) is 0. The van der Waals surface area contributed by atoms with Gasteiger partial charge in [0.2, 0.25) is 0 Å². The number of hydrogen-bond acceptors (Lipinski definition) is 3. The van der Waals surface area contributed by atoms with Crippen LogP contribution >= 0.6 is 0 Å². The number of rotatable bonds is 6. The van der Waals surface area contributed by atoms with E-state index in [1.54, 1.807) is 0 Å². The fourth-order valence-corrected chi connectivity index (χ4v) is 2.96. The maximum absolute atomic E-state index is 11.5. The normalized spacial score (nSPS) is 19.3. The second kappa shape index (κ2) is 6.42. The molecule has 1 rings (SSSR count). The molecule has 0 heterocycles. The molecule has 0 amide bonds. The summed E-state index contributed by atoms with van der Waals surface area (Å²) < 4.78 is 28.2. The van der Waals surface area contributed by atoms with Gasteiger partial charge in [0.25, 0.3) is 10.2 Å². The van der Waals surface area contributed by atoms with E-state index in [1.165, 1.54) is 6.42 Å². The summed E-state index contributed by atoms with van der Waals surface area (Å²) in [5.41, 5.74) is 5.29. The van der Waals surface area contributed by atoms with E-state index in [-0.39, 0.29) is 6.04 Å². The van der Waals surface area contributed by atoms with Crippen molar-refractivity contribution in [3.63, 3.8) is 0 Å². The molecule has 0 spiro atoms. The molecule has 0 aromatic carbocycles. The van der Waals surface area contributed by atoms with E-state index in [1.807, 2.05) is 0 Å². The van der Waals surface area contributed by atoms with Gasteiger partial charge < -0.3 is 5.73 Å². The van der Waals surface area contributed by atoms with E-state index in [9.17, 15) is 8.42 Å². The molecular formula is C9H21N3O2S. The summed E-state index contributed by atoms with van der Waals surface area (Å²) in [6.07, 6.45) is 6.05. The summed E-state index contributed by atoms with van der Waals surface area (Å²) in [5.74, 6) is 0. The van der Waals surface area contributed by atoms with E-state index < -0.39 is 10.2 Å². The predicted molar refractivity (Wildman–Crippen MR) is 60.6 cm³/mol. The van der Waals surface area contributed by atoms with Crippen LogP contribution in [-0.4, -0.2) is 27.5 Å². The Kier molecular flexibility index (Phi) is 5.52. The van der Waals surface area contributed by atoms with Gasteiger partial charge in [-0.05, 0) is 25.8 Å². The molecule has 0 aliphatic heterocycles. The Morgan fingerprint density at radius 3 is 2.47 bits per heavy atom. The molecule has 0 bridgehead atoms. The van der Waals surface area contributed by atoms with E-state index in [4.69, 9.17) is 5.73 Å². The van der Waals surface area contributed by atoms with Crippen molar-refractivity contribution in [2.75, 3.05) is 13.1 Å². The average molecular weight is 235 g/mol. The molecule has 1 aliphatic carbocycles. The van der Waals surface area contributed by atoms with Crippen LogP contribution in [0.3, 0.4) is 0 Å². The van der Waals surface area contributed by atoms with Gasteiger partial charge in [0.05, 0.1) is 0 Å². The highest BCUT2D eigenvalue weighted by Crippen LogP contribution is 2.17. The monoisotopic (exact) mass is 235 g/mol. The van der Waals surface area contributed by atoms with Gasteiger partial charge in [0, 0.05) is 12.6 Å². The van der Waals surface area contributed by atoms with Gasteiger partial charge >= 0.3 is 0 Å². The third kappa shape index (κ3) is 5.46. The summed E-state index contributed by atoms with van der Waals surface area (Å²) in [7, 11) is -3.31. The van der Waals surface area contributed by atoms with Crippen LogP contribution in [0.4, 0.5) is 0 Å². The van der Waals surface area contributed by atoms with Crippen molar-refractivity contribution in [2.45, 2.75) is 44.6 Å². The largest absolute Gasteiger partial charge is 0.330 e. The van der Waals surface area contributed by atoms with Crippen LogP contribution < -0.4 is 15.2 Å². The maximum Gasteiger partial charge on any atom is 0.277 e. The van der Waals surface area contributed by atoms with Gasteiger partial charge in [-0.1, -0.05) is 19.3 Å². The molecular weight excluding hydrogens is 214 g/mol. The molecule has 6 heteroatoms. The lowest BCUT2D eigenvalue weighted by Gasteiger charge is -2.22. The second-order valence-corrected chi connectivity index (χ2v) is 5.52.